The van der Waals surface area contributed by atoms with Gasteiger partial charge in [-0.15, -0.1) is 0 Å². The number of aromatic nitrogens is 1. The zero-order valence-corrected chi connectivity index (χ0v) is 24.4. The van der Waals surface area contributed by atoms with Crippen molar-refractivity contribution in [1.82, 2.24) is 4.98 Å². The number of thiazole rings is 1. The van der Waals surface area contributed by atoms with Crippen LogP contribution in [0.3, 0.4) is 0 Å². The number of benzene rings is 4. The second-order valence-corrected chi connectivity index (χ2v) is 11.1. The summed E-state index contributed by atoms with van der Waals surface area (Å²) in [5.41, 5.74) is 2.08. The molecule has 7 nitrogen and oxygen atoms in total. The number of halogens is 2. The fraction of sp³-hybridized carbons (Fsp3) is 0.121. The third-order valence-corrected chi connectivity index (χ3v) is 8.18. The zero-order valence-electron chi connectivity index (χ0n) is 22.8. The number of rotatable bonds is 8. The summed E-state index contributed by atoms with van der Waals surface area (Å²) >= 11 is 7.38. The highest BCUT2D eigenvalue weighted by atomic mass is 35.5. The molecule has 1 N–H and O–H groups in total. The van der Waals surface area contributed by atoms with Crippen LogP contribution in [0, 0.1) is 5.82 Å². The van der Waals surface area contributed by atoms with Crippen molar-refractivity contribution >= 4 is 55.7 Å². The van der Waals surface area contributed by atoms with Crippen LogP contribution in [0.25, 0.3) is 16.0 Å². The molecule has 1 aliphatic heterocycles. The van der Waals surface area contributed by atoms with Crippen molar-refractivity contribution in [3.63, 3.8) is 0 Å². The van der Waals surface area contributed by atoms with Crippen molar-refractivity contribution in [1.29, 1.82) is 0 Å². The Morgan fingerprint density at radius 3 is 2.49 bits per heavy atom. The quantitative estimate of drug-likeness (QED) is 0.109. The number of hydrogen-bond donors (Lipinski definition) is 1. The highest BCUT2D eigenvalue weighted by Crippen LogP contribution is 2.46. The predicted octanol–water partition coefficient (Wildman–Crippen LogP) is 7.69. The maximum Gasteiger partial charge on any atom is 0.301 e. The number of carbonyl (C=O) groups is 2. The summed E-state index contributed by atoms with van der Waals surface area (Å²) in [4.78, 5) is 33.1. The molecule has 10 heteroatoms. The molecule has 5 aromatic rings. The summed E-state index contributed by atoms with van der Waals surface area (Å²) in [5.74, 6) is -1.82. The van der Waals surface area contributed by atoms with Crippen LogP contribution in [0.15, 0.2) is 96.6 Å². The monoisotopic (exact) mass is 614 g/mol. The van der Waals surface area contributed by atoms with Gasteiger partial charge in [0.25, 0.3) is 5.78 Å². The Kier molecular flexibility index (Phi) is 7.84. The van der Waals surface area contributed by atoms with E-state index in [4.69, 9.17) is 21.1 Å². The molecule has 0 bridgehead atoms. The summed E-state index contributed by atoms with van der Waals surface area (Å²) in [6.45, 7) is 2.47. The third kappa shape index (κ3) is 5.57. The summed E-state index contributed by atoms with van der Waals surface area (Å²) in [6, 6.07) is 23.9. The summed E-state index contributed by atoms with van der Waals surface area (Å²) in [7, 11) is 0. The van der Waals surface area contributed by atoms with Crippen LogP contribution in [0.2, 0.25) is 5.02 Å². The van der Waals surface area contributed by atoms with Crippen LogP contribution < -0.4 is 14.4 Å². The van der Waals surface area contributed by atoms with E-state index >= 15 is 0 Å². The van der Waals surface area contributed by atoms with Crippen LogP contribution in [0.1, 0.15) is 29.7 Å². The highest BCUT2D eigenvalue weighted by molar-refractivity contribution is 7.22. The fourth-order valence-electron chi connectivity index (χ4n) is 4.92. The molecule has 2 heterocycles. The molecule has 216 valence electrons. The van der Waals surface area contributed by atoms with Crippen molar-refractivity contribution in [2.24, 2.45) is 0 Å². The van der Waals surface area contributed by atoms with E-state index in [1.807, 2.05) is 37.3 Å². The summed E-state index contributed by atoms with van der Waals surface area (Å²) < 4.78 is 26.4. The molecule has 0 saturated carbocycles. The van der Waals surface area contributed by atoms with E-state index in [-0.39, 0.29) is 16.3 Å². The molecule has 4 aromatic carbocycles. The lowest BCUT2D eigenvalue weighted by Crippen LogP contribution is -2.29. The molecule has 0 radical (unpaired) electrons. The van der Waals surface area contributed by atoms with Crippen LogP contribution in [0.5, 0.6) is 11.5 Å². The molecule has 0 aliphatic carbocycles. The topological polar surface area (TPSA) is 89.0 Å². The Hall–Kier alpha value is -4.73. The van der Waals surface area contributed by atoms with Crippen LogP contribution in [-0.2, 0) is 16.2 Å². The molecule has 1 unspecified atom stereocenters. The highest BCUT2D eigenvalue weighted by Gasteiger charge is 2.48. The molecule has 6 rings (SSSR count). The van der Waals surface area contributed by atoms with Gasteiger partial charge in [0.1, 0.15) is 18.2 Å². The van der Waals surface area contributed by atoms with E-state index in [2.05, 4.69) is 4.98 Å². The van der Waals surface area contributed by atoms with Crippen molar-refractivity contribution in [3.8, 4) is 11.5 Å². The van der Waals surface area contributed by atoms with Gasteiger partial charge in [0, 0.05) is 10.6 Å². The second-order valence-electron chi connectivity index (χ2n) is 9.70. The molecule has 1 aromatic heterocycles. The molecule has 1 fully saturated rings. The van der Waals surface area contributed by atoms with Crippen molar-refractivity contribution in [3.05, 3.63) is 124 Å². The number of anilines is 1. The number of hydrogen-bond acceptors (Lipinski definition) is 7. The smallest absolute Gasteiger partial charge is 0.301 e. The van der Waals surface area contributed by atoms with E-state index in [1.54, 1.807) is 36.4 Å². The minimum atomic E-state index is -1.07. The number of aliphatic hydroxyl groups is 1. The number of aliphatic hydroxyl groups excluding tert-OH is 1. The molecule has 1 amide bonds. The second kappa shape index (κ2) is 11.9. The molecule has 43 heavy (non-hydrogen) atoms. The standard InChI is InChI=1S/C33H24ClFN2O5S/c1-2-41-26-16-21(10-15-25(26)42-18-19-6-4-3-5-7-19)29-28(30(38)20-8-12-23(35)13-9-20)31(39)32(40)37(29)33-36-24-14-11-22(34)17-27(24)43-33/h3-17,29,38H,2,18H2,1H3. The van der Waals surface area contributed by atoms with E-state index in [1.165, 1.54) is 40.5 Å². The van der Waals surface area contributed by atoms with Gasteiger partial charge in [0.15, 0.2) is 16.6 Å². The van der Waals surface area contributed by atoms with Crippen LogP contribution in [-0.4, -0.2) is 28.4 Å². The van der Waals surface area contributed by atoms with Gasteiger partial charge in [0.2, 0.25) is 0 Å². The first-order valence-electron chi connectivity index (χ1n) is 13.4. The van der Waals surface area contributed by atoms with E-state index in [0.717, 1.165) is 10.3 Å². The van der Waals surface area contributed by atoms with Crippen molar-refractivity contribution < 1.29 is 28.6 Å². The van der Waals surface area contributed by atoms with Gasteiger partial charge < -0.3 is 14.6 Å². The largest absolute Gasteiger partial charge is 0.507 e. The number of ketones is 1. The average molecular weight is 615 g/mol. The predicted molar refractivity (Wildman–Crippen MR) is 164 cm³/mol. The van der Waals surface area contributed by atoms with E-state index in [0.29, 0.717) is 40.8 Å². The zero-order chi connectivity index (χ0) is 30.1. The Morgan fingerprint density at radius 2 is 1.74 bits per heavy atom. The van der Waals surface area contributed by atoms with Gasteiger partial charge in [-0.2, -0.15) is 0 Å². The average Bonchev–Trinajstić information content (AvgIpc) is 3.54. The van der Waals surface area contributed by atoms with E-state index < -0.39 is 29.3 Å². The van der Waals surface area contributed by atoms with Crippen molar-refractivity contribution in [2.45, 2.75) is 19.6 Å². The first-order valence-corrected chi connectivity index (χ1v) is 14.6. The van der Waals surface area contributed by atoms with Crippen molar-refractivity contribution in [2.75, 3.05) is 11.5 Å². The Balaban J connectivity index is 1.49. The lowest BCUT2D eigenvalue weighted by molar-refractivity contribution is -0.132. The summed E-state index contributed by atoms with van der Waals surface area (Å²) in [5, 5.41) is 12.1. The fourth-order valence-corrected chi connectivity index (χ4v) is 6.18. The molecular formula is C33H24ClFN2O5S. The number of fused-ring (bicyclic) bond motifs is 1. The van der Waals surface area contributed by atoms with Gasteiger partial charge in [0.05, 0.1) is 28.4 Å². The Morgan fingerprint density at radius 1 is 0.977 bits per heavy atom. The Bertz CT molecular complexity index is 1870. The van der Waals surface area contributed by atoms with Gasteiger partial charge in [-0.1, -0.05) is 59.3 Å². The van der Waals surface area contributed by atoms with Gasteiger partial charge in [-0.3, -0.25) is 14.5 Å². The first-order chi connectivity index (χ1) is 20.8. The van der Waals surface area contributed by atoms with E-state index in [9.17, 15) is 19.1 Å². The van der Waals surface area contributed by atoms with Gasteiger partial charge >= 0.3 is 5.91 Å². The number of nitrogens with zero attached hydrogens (tertiary/aromatic N) is 2. The third-order valence-electron chi connectivity index (χ3n) is 6.93. The minimum Gasteiger partial charge on any atom is -0.507 e. The first kappa shape index (κ1) is 28.4. The molecule has 1 atom stereocenters. The SMILES string of the molecule is CCOc1cc(C2C(=C(O)c3ccc(F)cc3)C(=O)C(=O)N2c2nc3ccc(Cl)cc3s2)ccc1OCc1ccccc1. The Labute approximate surface area is 255 Å². The summed E-state index contributed by atoms with van der Waals surface area (Å²) in [6.07, 6.45) is 0. The number of amides is 1. The van der Waals surface area contributed by atoms with Crippen LogP contribution in [0.4, 0.5) is 9.52 Å². The number of carbonyl (C=O) groups excluding carboxylic acids is 2. The lowest BCUT2D eigenvalue weighted by Gasteiger charge is -2.24. The maximum absolute atomic E-state index is 13.7. The molecule has 1 aliphatic rings. The lowest BCUT2D eigenvalue weighted by atomic mass is 9.95. The minimum absolute atomic E-state index is 0.158. The van der Waals surface area contributed by atoms with Crippen LogP contribution >= 0.6 is 22.9 Å². The molecular weight excluding hydrogens is 591 g/mol. The number of Topliss-reactive ketones (excluding diaryl/α,β-unsaturated/α-hetero) is 1. The number of ether oxygens (including phenoxy) is 2. The van der Waals surface area contributed by atoms with Gasteiger partial charge in [-0.05, 0) is 72.6 Å². The normalized spacial score (nSPS) is 16.2. The maximum atomic E-state index is 13.7. The molecule has 0 spiro atoms. The van der Waals surface area contributed by atoms with Gasteiger partial charge in [-0.25, -0.2) is 9.37 Å². The molecule has 1 saturated heterocycles.